The largest absolute Gasteiger partial charge is 0.398 e. The van der Waals surface area contributed by atoms with E-state index in [-0.39, 0.29) is 0 Å². The van der Waals surface area contributed by atoms with Gasteiger partial charge in [-0.3, -0.25) is 0 Å². The molecule has 0 saturated carbocycles. The molecule has 2 aromatic rings. The zero-order valence-electron chi connectivity index (χ0n) is 6.91. The Bertz CT molecular complexity index is 495. The lowest BCUT2D eigenvalue weighted by Crippen LogP contribution is -1.88. The Morgan fingerprint density at radius 2 is 2.08 bits per heavy atom. The molecule has 1 radical (unpaired) electrons. The molecule has 0 aliphatic heterocycles. The number of hydrogen-bond donors (Lipinski definition) is 1. The highest BCUT2D eigenvalue weighted by Crippen LogP contribution is 2.20. The highest BCUT2D eigenvalue weighted by Gasteiger charge is 2.00. The second kappa shape index (κ2) is 2.80. The molecule has 0 aliphatic rings. The van der Waals surface area contributed by atoms with Gasteiger partial charge in [0.05, 0.1) is 5.56 Å². The average molecular weight is 167 g/mol. The van der Waals surface area contributed by atoms with Gasteiger partial charge in [-0.1, -0.05) is 24.3 Å². The van der Waals surface area contributed by atoms with Crippen molar-refractivity contribution in [1.82, 2.24) is 0 Å². The molecule has 0 saturated heterocycles. The maximum atomic E-state index is 8.82. The van der Waals surface area contributed by atoms with Crippen LogP contribution in [0.2, 0.25) is 0 Å². The van der Waals surface area contributed by atoms with Crippen molar-refractivity contribution in [2.24, 2.45) is 0 Å². The van der Waals surface area contributed by atoms with Crippen LogP contribution in [0.15, 0.2) is 30.3 Å². The number of nitrogen functional groups attached to an aromatic ring is 1. The summed E-state index contributed by atoms with van der Waals surface area (Å²) in [6, 6.07) is 14.3. The van der Waals surface area contributed by atoms with Gasteiger partial charge in [-0.2, -0.15) is 5.26 Å². The Kier molecular flexibility index (Phi) is 1.64. The Balaban J connectivity index is 2.91. The van der Waals surface area contributed by atoms with Crippen LogP contribution in [0.25, 0.3) is 10.8 Å². The van der Waals surface area contributed by atoms with Crippen LogP contribution in [0.1, 0.15) is 5.56 Å². The van der Waals surface area contributed by atoms with E-state index in [0.29, 0.717) is 11.3 Å². The van der Waals surface area contributed by atoms with Crippen LogP contribution in [0.4, 0.5) is 5.69 Å². The monoisotopic (exact) mass is 167 g/mol. The van der Waals surface area contributed by atoms with Crippen LogP contribution in [0.3, 0.4) is 0 Å². The van der Waals surface area contributed by atoms with Crippen LogP contribution in [0.5, 0.6) is 0 Å². The number of benzene rings is 2. The Labute approximate surface area is 76.2 Å². The van der Waals surface area contributed by atoms with Crippen molar-refractivity contribution in [2.75, 3.05) is 5.73 Å². The lowest BCUT2D eigenvalue weighted by Gasteiger charge is -2.00. The Morgan fingerprint density at radius 3 is 2.85 bits per heavy atom. The molecule has 13 heavy (non-hydrogen) atoms. The van der Waals surface area contributed by atoms with Gasteiger partial charge in [0.1, 0.15) is 6.07 Å². The van der Waals surface area contributed by atoms with Crippen molar-refractivity contribution in [2.45, 2.75) is 0 Å². The summed E-state index contributed by atoms with van der Waals surface area (Å²) in [5.74, 6) is 0. The third-order valence-electron chi connectivity index (χ3n) is 1.92. The molecule has 0 spiro atoms. The minimum absolute atomic E-state index is 0.509. The van der Waals surface area contributed by atoms with Gasteiger partial charge in [-0.25, -0.2) is 0 Å². The fraction of sp³-hybridized carbons (Fsp3) is 0. The standard InChI is InChI=1S/C11H7N2/c12-7-9-6-10(13)5-8-3-1-2-4-11(8)9/h1-5H,13H2. The molecule has 0 heterocycles. The molecule has 0 unspecified atom stereocenters. The first kappa shape index (κ1) is 7.63. The van der Waals surface area contributed by atoms with Crippen molar-refractivity contribution >= 4 is 16.5 Å². The Hall–Kier alpha value is -2.01. The Morgan fingerprint density at radius 1 is 1.31 bits per heavy atom. The first-order valence-electron chi connectivity index (χ1n) is 3.92. The quantitative estimate of drug-likeness (QED) is 0.611. The maximum absolute atomic E-state index is 8.82. The van der Waals surface area contributed by atoms with E-state index in [1.54, 1.807) is 0 Å². The van der Waals surface area contributed by atoms with Gasteiger partial charge >= 0.3 is 0 Å². The third kappa shape index (κ3) is 1.21. The van der Waals surface area contributed by atoms with Crippen molar-refractivity contribution in [3.8, 4) is 6.07 Å². The number of hydrogen-bond acceptors (Lipinski definition) is 2. The van der Waals surface area contributed by atoms with E-state index in [0.717, 1.165) is 10.8 Å². The molecule has 0 bridgehead atoms. The minimum atomic E-state index is 0.509. The van der Waals surface area contributed by atoms with E-state index < -0.39 is 0 Å². The number of nitrogens with two attached hydrogens (primary N) is 1. The summed E-state index contributed by atoms with van der Waals surface area (Å²) in [7, 11) is 0. The van der Waals surface area contributed by atoms with E-state index in [4.69, 9.17) is 11.0 Å². The topological polar surface area (TPSA) is 49.8 Å². The lowest BCUT2D eigenvalue weighted by atomic mass is 10.0. The fourth-order valence-electron chi connectivity index (χ4n) is 1.35. The first-order valence-corrected chi connectivity index (χ1v) is 3.92. The number of nitrogens with zero attached hydrogens (tertiary/aromatic N) is 1. The summed E-state index contributed by atoms with van der Waals surface area (Å²) >= 11 is 0. The molecule has 0 fully saturated rings. The predicted molar refractivity (Wildman–Crippen MR) is 51.9 cm³/mol. The van der Waals surface area contributed by atoms with Crippen molar-refractivity contribution in [1.29, 1.82) is 5.26 Å². The van der Waals surface area contributed by atoms with Gasteiger partial charge in [0.25, 0.3) is 0 Å². The van der Waals surface area contributed by atoms with Crippen LogP contribution < -0.4 is 5.73 Å². The van der Waals surface area contributed by atoms with Gasteiger partial charge in [-0.05, 0) is 11.5 Å². The predicted octanol–water partition coefficient (Wildman–Crippen LogP) is 2.09. The molecule has 2 N–H and O–H groups in total. The summed E-state index contributed by atoms with van der Waals surface area (Å²) in [5.41, 5.74) is 6.61. The number of nitriles is 1. The highest BCUT2D eigenvalue weighted by atomic mass is 14.5. The normalized spacial score (nSPS) is 9.77. The molecule has 2 rings (SSSR count). The van der Waals surface area contributed by atoms with E-state index in [1.807, 2.05) is 30.3 Å². The van der Waals surface area contributed by atoms with Crippen molar-refractivity contribution in [3.05, 3.63) is 42.0 Å². The first-order chi connectivity index (χ1) is 6.31. The van der Waals surface area contributed by atoms with E-state index in [1.165, 1.54) is 0 Å². The highest BCUT2D eigenvalue weighted by molar-refractivity contribution is 5.90. The van der Waals surface area contributed by atoms with Crippen molar-refractivity contribution < 1.29 is 0 Å². The summed E-state index contributed by atoms with van der Waals surface area (Å²) in [5, 5.41) is 10.7. The van der Waals surface area contributed by atoms with E-state index in [2.05, 4.69) is 12.1 Å². The molecule has 0 amide bonds. The number of rotatable bonds is 0. The van der Waals surface area contributed by atoms with Gasteiger partial charge in [0.2, 0.25) is 0 Å². The minimum Gasteiger partial charge on any atom is -0.398 e. The van der Waals surface area contributed by atoms with Gasteiger partial charge in [0, 0.05) is 17.1 Å². The summed E-state index contributed by atoms with van der Waals surface area (Å²) < 4.78 is 0. The smallest absolute Gasteiger partial charge is 0.101 e. The third-order valence-corrected chi connectivity index (χ3v) is 1.92. The van der Waals surface area contributed by atoms with E-state index in [9.17, 15) is 0 Å². The molecule has 61 valence electrons. The van der Waals surface area contributed by atoms with Gasteiger partial charge < -0.3 is 5.73 Å². The van der Waals surface area contributed by atoms with Crippen LogP contribution in [0, 0.1) is 17.4 Å². The molecule has 2 heteroatoms. The molecular weight excluding hydrogens is 160 g/mol. The SMILES string of the molecule is N#Cc1[c]c(N)cc2ccccc12. The van der Waals surface area contributed by atoms with Crippen molar-refractivity contribution in [3.63, 3.8) is 0 Å². The lowest BCUT2D eigenvalue weighted by molar-refractivity contribution is 1.50. The summed E-state index contributed by atoms with van der Waals surface area (Å²) in [4.78, 5) is 0. The van der Waals surface area contributed by atoms with Crippen LogP contribution >= 0.6 is 0 Å². The summed E-state index contributed by atoms with van der Waals surface area (Å²) in [6.45, 7) is 0. The zero-order valence-corrected chi connectivity index (χ0v) is 6.91. The maximum Gasteiger partial charge on any atom is 0.101 e. The van der Waals surface area contributed by atoms with Gasteiger partial charge in [0.15, 0.2) is 0 Å². The number of anilines is 1. The van der Waals surface area contributed by atoms with Crippen LogP contribution in [-0.4, -0.2) is 0 Å². The number of fused-ring (bicyclic) bond motifs is 1. The van der Waals surface area contributed by atoms with Crippen LogP contribution in [-0.2, 0) is 0 Å². The average Bonchev–Trinajstić information content (AvgIpc) is 2.16. The molecule has 0 aliphatic carbocycles. The van der Waals surface area contributed by atoms with E-state index >= 15 is 0 Å². The second-order valence-corrected chi connectivity index (χ2v) is 2.80. The molecular formula is C11H7N2. The summed E-state index contributed by atoms with van der Waals surface area (Å²) in [6.07, 6.45) is 0. The fourth-order valence-corrected chi connectivity index (χ4v) is 1.35. The van der Waals surface area contributed by atoms with Gasteiger partial charge in [-0.15, -0.1) is 0 Å². The molecule has 2 aromatic carbocycles. The second-order valence-electron chi connectivity index (χ2n) is 2.80. The molecule has 2 nitrogen and oxygen atoms in total. The molecule has 0 atom stereocenters. The zero-order chi connectivity index (χ0) is 9.26. The molecule has 0 aromatic heterocycles.